The summed E-state index contributed by atoms with van der Waals surface area (Å²) in [5, 5.41) is 4.33. The highest BCUT2D eigenvalue weighted by molar-refractivity contribution is 5.77. The fourth-order valence-corrected chi connectivity index (χ4v) is 2.19. The molecule has 0 bridgehead atoms. The molecule has 2 aromatic rings. The molecule has 1 aliphatic carbocycles. The standard InChI is InChI=1S/C9H7N.C9H15N/c1-2-6-9-8(4-1)5-3-7-10-9;1-9(2)6-4-5-8(7-9)10-3/h1-7H;4-5,7,10H,6H2,1-3H3. The van der Waals surface area contributed by atoms with Crippen LogP contribution < -0.4 is 5.32 Å². The van der Waals surface area contributed by atoms with E-state index in [1.165, 1.54) is 11.1 Å². The largest absolute Gasteiger partial charge is 0.388 e. The summed E-state index contributed by atoms with van der Waals surface area (Å²) >= 11 is 0. The van der Waals surface area contributed by atoms with Crippen molar-refractivity contribution in [3.63, 3.8) is 0 Å². The maximum Gasteiger partial charge on any atom is 0.0701 e. The lowest BCUT2D eigenvalue weighted by atomic mass is 9.85. The SMILES string of the molecule is CNC1=CC(C)(C)CC=C1.c1ccc2ncccc2c1. The molecule has 20 heavy (non-hydrogen) atoms. The van der Waals surface area contributed by atoms with E-state index in [1.807, 2.05) is 37.5 Å². The number of nitrogens with zero attached hydrogens (tertiary/aromatic N) is 1. The van der Waals surface area contributed by atoms with Crippen LogP contribution >= 0.6 is 0 Å². The van der Waals surface area contributed by atoms with Crippen LogP contribution in [0.25, 0.3) is 10.9 Å². The molecule has 1 heterocycles. The topological polar surface area (TPSA) is 24.9 Å². The Bertz CT molecular complexity index is 559. The zero-order chi connectivity index (χ0) is 14.4. The first kappa shape index (κ1) is 14.3. The third-order valence-corrected chi connectivity index (χ3v) is 3.29. The molecule has 0 atom stereocenters. The Kier molecular flexibility index (Phi) is 4.57. The summed E-state index contributed by atoms with van der Waals surface area (Å²) in [4.78, 5) is 4.18. The van der Waals surface area contributed by atoms with Crippen LogP contribution in [0.4, 0.5) is 0 Å². The first-order chi connectivity index (χ1) is 9.61. The summed E-state index contributed by atoms with van der Waals surface area (Å²) in [6, 6.07) is 12.1. The highest BCUT2D eigenvalue weighted by atomic mass is 14.8. The van der Waals surface area contributed by atoms with Crippen LogP contribution in [-0.4, -0.2) is 12.0 Å². The molecule has 1 N–H and O–H groups in total. The zero-order valence-electron chi connectivity index (χ0n) is 12.4. The second kappa shape index (κ2) is 6.38. The number of hydrogen-bond acceptors (Lipinski definition) is 2. The van der Waals surface area contributed by atoms with Gasteiger partial charge in [0.2, 0.25) is 0 Å². The van der Waals surface area contributed by atoms with Gasteiger partial charge in [0.15, 0.2) is 0 Å². The second-order valence-corrected chi connectivity index (χ2v) is 5.64. The minimum absolute atomic E-state index is 0.340. The van der Waals surface area contributed by atoms with E-state index >= 15 is 0 Å². The summed E-state index contributed by atoms with van der Waals surface area (Å²) in [6.07, 6.45) is 9.57. The Morgan fingerprint density at radius 2 is 1.85 bits per heavy atom. The third kappa shape index (κ3) is 3.95. The molecule has 3 rings (SSSR count). The molecule has 0 spiro atoms. The Labute approximate surface area is 121 Å². The summed E-state index contributed by atoms with van der Waals surface area (Å²) in [6.45, 7) is 4.49. The first-order valence-electron chi connectivity index (χ1n) is 6.98. The van der Waals surface area contributed by atoms with Gasteiger partial charge in [-0.05, 0) is 30.0 Å². The third-order valence-electron chi connectivity index (χ3n) is 3.29. The van der Waals surface area contributed by atoms with Gasteiger partial charge in [-0.2, -0.15) is 0 Å². The van der Waals surface area contributed by atoms with Gasteiger partial charge in [-0.15, -0.1) is 0 Å². The van der Waals surface area contributed by atoms with Crippen LogP contribution in [0.15, 0.2) is 66.5 Å². The smallest absolute Gasteiger partial charge is 0.0701 e. The van der Waals surface area contributed by atoms with Crippen molar-refractivity contribution in [2.75, 3.05) is 7.05 Å². The molecule has 0 saturated carbocycles. The fraction of sp³-hybridized carbons (Fsp3) is 0.278. The van der Waals surface area contributed by atoms with E-state index in [9.17, 15) is 0 Å². The lowest BCUT2D eigenvalue weighted by Gasteiger charge is -2.22. The number of fused-ring (bicyclic) bond motifs is 1. The van der Waals surface area contributed by atoms with Gasteiger partial charge in [0, 0.05) is 24.3 Å². The van der Waals surface area contributed by atoms with Gasteiger partial charge < -0.3 is 5.32 Å². The molecule has 0 saturated heterocycles. The summed E-state index contributed by atoms with van der Waals surface area (Å²) < 4.78 is 0. The van der Waals surface area contributed by atoms with Crippen molar-refractivity contribution in [2.45, 2.75) is 20.3 Å². The summed E-state index contributed by atoms with van der Waals surface area (Å²) in [5.41, 5.74) is 2.63. The van der Waals surface area contributed by atoms with Gasteiger partial charge in [-0.1, -0.05) is 50.3 Å². The maximum absolute atomic E-state index is 4.18. The number of hydrogen-bond donors (Lipinski definition) is 1. The number of likely N-dealkylation sites (N-methyl/N-ethyl adjacent to an activating group) is 1. The Morgan fingerprint density at radius 1 is 1.10 bits per heavy atom. The van der Waals surface area contributed by atoms with Gasteiger partial charge in [-0.3, -0.25) is 4.98 Å². The quantitative estimate of drug-likeness (QED) is 0.832. The molecule has 1 aromatic carbocycles. The van der Waals surface area contributed by atoms with Gasteiger partial charge in [0.25, 0.3) is 0 Å². The lowest BCUT2D eigenvalue weighted by molar-refractivity contribution is 0.477. The van der Waals surface area contributed by atoms with Crippen LogP contribution in [0.2, 0.25) is 0 Å². The van der Waals surface area contributed by atoms with Crippen LogP contribution in [0.3, 0.4) is 0 Å². The molecule has 0 aliphatic heterocycles. The number of rotatable bonds is 1. The van der Waals surface area contributed by atoms with Crippen molar-refractivity contribution in [2.24, 2.45) is 5.41 Å². The van der Waals surface area contributed by atoms with Crippen molar-refractivity contribution in [1.82, 2.24) is 10.3 Å². The molecule has 2 nitrogen and oxygen atoms in total. The highest BCUT2D eigenvalue weighted by Crippen LogP contribution is 2.27. The van der Waals surface area contributed by atoms with Gasteiger partial charge in [0.05, 0.1) is 5.52 Å². The normalized spacial score (nSPS) is 16.1. The van der Waals surface area contributed by atoms with Crippen LogP contribution in [0, 0.1) is 5.41 Å². The molecule has 2 heteroatoms. The van der Waals surface area contributed by atoms with Crippen LogP contribution in [-0.2, 0) is 0 Å². The van der Waals surface area contributed by atoms with Gasteiger partial charge in [0.1, 0.15) is 0 Å². The van der Waals surface area contributed by atoms with Crippen molar-refractivity contribution < 1.29 is 0 Å². The predicted octanol–water partition coefficient (Wildman–Crippen LogP) is 4.31. The Hall–Kier alpha value is -2.09. The van der Waals surface area contributed by atoms with E-state index in [4.69, 9.17) is 0 Å². The van der Waals surface area contributed by atoms with Crippen molar-refractivity contribution in [3.8, 4) is 0 Å². The Balaban J connectivity index is 0.000000147. The number of para-hydroxylation sites is 1. The average Bonchev–Trinajstić information content (AvgIpc) is 2.47. The number of aromatic nitrogens is 1. The fourth-order valence-electron chi connectivity index (χ4n) is 2.19. The van der Waals surface area contributed by atoms with Crippen LogP contribution in [0.1, 0.15) is 20.3 Å². The van der Waals surface area contributed by atoms with E-state index in [0.29, 0.717) is 5.41 Å². The number of benzene rings is 1. The molecule has 0 radical (unpaired) electrons. The van der Waals surface area contributed by atoms with Crippen molar-refractivity contribution >= 4 is 10.9 Å². The molecule has 0 fully saturated rings. The molecule has 0 amide bonds. The minimum atomic E-state index is 0.340. The predicted molar refractivity (Wildman–Crippen MR) is 86.4 cm³/mol. The van der Waals surface area contributed by atoms with E-state index in [-0.39, 0.29) is 0 Å². The highest BCUT2D eigenvalue weighted by Gasteiger charge is 2.15. The number of pyridine rings is 1. The summed E-state index contributed by atoms with van der Waals surface area (Å²) in [5.74, 6) is 0. The average molecular weight is 266 g/mol. The summed E-state index contributed by atoms with van der Waals surface area (Å²) in [7, 11) is 1.96. The molecular weight excluding hydrogens is 244 g/mol. The number of nitrogens with one attached hydrogen (secondary N) is 1. The zero-order valence-corrected chi connectivity index (χ0v) is 12.4. The van der Waals surface area contributed by atoms with E-state index in [1.54, 1.807) is 0 Å². The van der Waals surface area contributed by atoms with Gasteiger partial charge in [-0.25, -0.2) is 0 Å². The van der Waals surface area contributed by atoms with E-state index in [0.717, 1.165) is 11.9 Å². The monoisotopic (exact) mass is 266 g/mol. The molecule has 1 aliphatic rings. The molecule has 104 valence electrons. The van der Waals surface area contributed by atoms with Crippen LogP contribution in [0.5, 0.6) is 0 Å². The van der Waals surface area contributed by atoms with E-state index < -0.39 is 0 Å². The van der Waals surface area contributed by atoms with Crippen molar-refractivity contribution in [3.05, 3.63) is 66.5 Å². The molecular formula is C18H22N2. The molecule has 1 aromatic heterocycles. The van der Waals surface area contributed by atoms with Gasteiger partial charge >= 0.3 is 0 Å². The number of allylic oxidation sites excluding steroid dienone is 3. The minimum Gasteiger partial charge on any atom is -0.388 e. The van der Waals surface area contributed by atoms with Crippen molar-refractivity contribution in [1.29, 1.82) is 0 Å². The maximum atomic E-state index is 4.18. The second-order valence-electron chi connectivity index (χ2n) is 5.64. The molecule has 0 unspecified atom stereocenters. The van der Waals surface area contributed by atoms with E-state index in [2.05, 4.69) is 54.5 Å². The lowest BCUT2D eigenvalue weighted by Crippen LogP contribution is -2.15. The Morgan fingerprint density at radius 3 is 2.50 bits per heavy atom. The first-order valence-corrected chi connectivity index (χ1v) is 6.98.